The topological polar surface area (TPSA) is 35.8 Å². The van der Waals surface area contributed by atoms with E-state index in [1.54, 1.807) is 17.4 Å². The Morgan fingerprint density at radius 1 is 1.15 bits per heavy atom. The van der Waals surface area contributed by atoms with Crippen LogP contribution in [0.1, 0.15) is 33.5 Å². The second kappa shape index (κ2) is 4.05. The molecule has 0 aromatic carbocycles. The molecule has 2 aromatic rings. The van der Waals surface area contributed by atoms with Crippen molar-refractivity contribution in [2.45, 2.75) is 45.8 Å². The lowest BCUT2D eigenvalue weighted by molar-refractivity contribution is 0.00578. The highest BCUT2D eigenvalue weighted by Crippen LogP contribution is 2.36. The van der Waals surface area contributed by atoms with E-state index >= 15 is 0 Å². The molecule has 0 radical (unpaired) electrons. The van der Waals surface area contributed by atoms with Gasteiger partial charge in [-0.2, -0.15) is 4.39 Å². The normalized spacial score (nSPS) is 20.8. The summed E-state index contributed by atoms with van der Waals surface area (Å²) in [6, 6.07) is 3.53. The van der Waals surface area contributed by atoms with Crippen LogP contribution in [-0.2, 0) is 9.31 Å². The van der Waals surface area contributed by atoms with E-state index in [1.165, 1.54) is 0 Å². The van der Waals surface area contributed by atoms with Crippen molar-refractivity contribution in [3.8, 4) is 0 Å². The van der Waals surface area contributed by atoms with Gasteiger partial charge in [0.1, 0.15) is 11.3 Å². The molecule has 106 valence electrons. The first-order chi connectivity index (χ1) is 9.21. The Morgan fingerprint density at radius 3 is 2.35 bits per heavy atom. The average Bonchev–Trinajstić information content (AvgIpc) is 2.74. The molecule has 4 nitrogen and oxygen atoms in total. The van der Waals surface area contributed by atoms with Gasteiger partial charge in [-0.3, -0.25) is 0 Å². The van der Waals surface area contributed by atoms with Crippen molar-refractivity contribution in [1.29, 1.82) is 0 Å². The number of rotatable bonds is 1. The highest BCUT2D eigenvalue weighted by atomic mass is 19.1. The highest BCUT2D eigenvalue weighted by Gasteiger charge is 2.51. The summed E-state index contributed by atoms with van der Waals surface area (Å²) in [7, 11) is -0.450. The van der Waals surface area contributed by atoms with E-state index in [9.17, 15) is 4.39 Å². The van der Waals surface area contributed by atoms with Crippen LogP contribution in [0.5, 0.6) is 0 Å². The molecule has 1 fully saturated rings. The quantitative estimate of drug-likeness (QED) is 0.748. The molecular formula is C14H18BFN2O2. The Balaban J connectivity index is 2.02. The van der Waals surface area contributed by atoms with Gasteiger partial charge in [-0.25, -0.2) is 4.98 Å². The zero-order valence-corrected chi connectivity index (χ0v) is 12.4. The average molecular weight is 276 g/mol. The molecule has 1 aliphatic rings. The summed E-state index contributed by atoms with van der Waals surface area (Å²) < 4.78 is 27.3. The van der Waals surface area contributed by atoms with Crippen LogP contribution in [0.2, 0.25) is 0 Å². The van der Waals surface area contributed by atoms with Crippen molar-refractivity contribution in [2.75, 3.05) is 0 Å². The van der Waals surface area contributed by atoms with Crippen molar-refractivity contribution in [2.24, 2.45) is 0 Å². The summed E-state index contributed by atoms with van der Waals surface area (Å²) in [4.78, 5) is 3.83. The predicted molar refractivity (Wildman–Crippen MR) is 75.6 cm³/mol. The van der Waals surface area contributed by atoms with Crippen LogP contribution in [0.25, 0.3) is 5.52 Å². The summed E-state index contributed by atoms with van der Waals surface area (Å²) in [6.45, 7) is 9.80. The first kappa shape index (κ1) is 13.6. The van der Waals surface area contributed by atoms with Gasteiger partial charge in [-0.15, -0.1) is 0 Å². The Bertz CT molecular complexity index is 665. The molecule has 0 amide bonds. The standard InChI is InChI=1S/C14H18BFN2O2/c1-9-17-12(16)11-7-6-10(8-18(9)11)15-19-13(2,3)14(4,5)20-15/h6-8H,1-5H3. The number of aryl methyl sites for hydroxylation is 1. The number of fused-ring (bicyclic) bond motifs is 1. The van der Waals surface area contributed by atoms with Crippen LogP contribution in [0, 0.1) is 12.9 Å². The number of nitrogens with zero attached hydrogens (tertiary/aromatic N) is 2. The Kier molecular flexibility index (Phi) is 2.75. The lowest BCUT2D eigenvalue weighted by Crippen LogP contribution is -2.41. The summed E-state index contributed by atoms with van der Waals surface area (Å²) in [5.74, 6) is 0.152. The molecule has 0 atom stereocenters. The minimum Gasteiger partial charge on any atom is -0.399 e. The van der Waals surface area contributed by atoms with Gasteiger partial charge in [0.2, 0.25) is 5.95 Å². The molecule has 1 aliphatic heterocycles. The van der Waals surface area contributed by atoms with Crippen molar-refractivity contribution in [3.63, 3.8) is 0 Å². The van der Waals surface area contributed by atoms with E-state index in [0.29, 0.717) is 11.3 Å². The van der Waals surface area contributed by atoms with Crippen molar-refractivity contribution < 1.29 is 13.7 Å². The number of imidazole rings is 1. The summed E-state index contributed by atoms with van der Waals surface area (Å²) >= 11 is 0. The smallest absolute Gasteiger partial charge is 0.399 e. The summed E-state index contributed by atoms with van der Waals surface area (Å²) in [5.41, 5.74) is 0.545. The Morgan fingerprint density at radius 2 is 1.75 bits per heavy atom. The molecule has 2 aromatic heterocycles. The second-order valence-corrected chi connectivity index (χ2v) is 6.26. The molecule has 0 spiro atoms. The first-order valence-corrected chi connectivity index (χ1v) is 6.71. The molecular weight excluding hydrogens is 258 g/mol. The molecule has 0 saturated carbocycles. The van der Waals surface area contributed by atoms with E-state index in [0.717, 1.165) is 5.46 Å². The molecule has 3 heterocycles. The minimum atomic E-state index is -0.456. The van der Waals surface area contributed by atoms with Crippen LogP contribution in [0.15, 0.2) is 18.3 Å². The molecule has 0 N–H and O–H groups in total. The predicted octanol–water partition coefficient (Wildman–Crippen LogP) is 2.08. The molecule has 3 rings (SSSR count). The van der Waals surface area contributed by atoms with Gasteiger partial charge >= 0.3 is 7.12 Å². The van der Waals surface area contributed by atoms with Gasteiger partial charge in [0.05, 0.1) is 11.2 Å². The van der Waals surface area contributed by atoms with E-state index in [1.807, 2.05) is 40.0 Å². The number of pyridine rings is 1. The monoisotopic (exact) mass is 276 g/mol. The largest absolute Gasteiger partial charge is 0.496 e. The molecule has 6 heteroatoms. The maximum atomic E-state index is 13.6. The van der Waals surface area contributed by atoms with Gasteiger partial charge in [0, 0.05) is 6.20 Å². The number of halogens is 1. The number of hydrogen-bond acceptors (Lipinski definition) is 3. The number of aromatic nitrogens is 2. The van der Waals surface area contributed by atoms with Crippen molar-refractivity contribution in [3.05, 3.63) is 30.1 Å². The second-order valence-electron chi connectivity index (χ2n) is 6.26. The van der Waals surface area contributed by atoms with Gasteiger partial charge in [-0.05, 0) is 46.1 Å². The van der Waals surface area contributed by atoms with Crippen molar-refractivity contribution in [1.82, 2.24) is 9.38 Å². The molecule has 1 saturated heterocycles. The van der Waals surface area contributed by atoms with Crippen LogP contribution < -0.4 is 5.46 Å². The minimum absolute atomic E-state index is 0.387. The van der Waals surface area contributed by atoms with E-state index < -0.39 is 13.1 Å². The Labute approximate surface area is 118 Å². The van der Waals surface area contributed by atoms with Gasteiger partial charge in [0.15, 0.2) is 0 Å². The van der Waals surface area contributed by atoms with Crippen LogP contribution >= 0.6 is 0 Å². The van der Waals surface area contributed by atoms with Crippen molar-refractivity contribution >= 4 is 18.1 Å². The van der Waals surface area contributed by atoms with E-state index in [2.05, 4.69) is 4.98 Å². The third-order valence-electron chi connectivity index (χ3n) is 4.32. The lowest BCUT2D eigenvalue weighted by Gasteiger charge is -2.32. The summed E-state index contributed by atoms with van der Waals surface area (Å²) in [6.07, 6.45) is 1.82. The third-order valence-corrected chi connectivity index (χ3v) is 4.32. The first-order valence-electron chi connectivity index (χ1n) is 6.71. The fourth-order valence-corrected chi connectivity index (χ4v) is 2.32. The third kappa shape index (κ3) is 1.86. The van der Waals surface area contributed by atoms with E-state index in [-0.39, 0.29) is 11.2 Å². The highest BCUT2D eigenvalue weighted by molar-refractivity contribution is 6.62. The fourth-order valence-electron chi connectivity index (χ4n) is 2.32. The van der Waals surface area contributed by atoms with Gasteiger partial charge in [0.25, 0.3) is 0 Å². The van der Waals surface area contributed by atoms with Crippen LogP contribution in [0.3, 0.4) is 0 Å². The molecule has 20 heavy (non-hydrogen) atoms. The maximum absolute atomic E-state index is 13.6. The Hall–Kier alpha value is -1.40. The molecule has 0 bridgehead atoms. The fraction of sp³-hybridized carbons (Fsp3) is 0.500. The van der Waals surface area contributed by atoms with Gasteiger partial charge < -0.3 is 13.7 Å². The van der Waals surface area contributed by atoms with Crippen LogP contribution in [-0.4, -0.2) is 27.7 Å². The van der Waals surface area contributed by atoms with Crippen LogP contribution in [0.4, 0.5) is 4.39 Å². The summed E-state index contributed by atoms with van der Waals surface area (Å²) in [5, 5.41) is 0. The van der Waals surface area contributed by atoms with Gasteiger partial charge in [-0.1, -0.05) is 6.07 Å². The zero-order chi connectivity index (χ0) is 14.7. The number of hydrogen-bond donors (Lipinski definition) is 0. The van der Waals surface area contributed by atoms with E-state index in [4.69, 9.17) is 9.31 Å². The molecule has 0 unspecified atom stereocenters. The molecule has 0 aliphatic carbocycles. The SMILES string of the molecule is Cc1nc(F)c2ccc(B3OC(C)(C)C(C)(C)O3)cn12. The lowest BCUT2D eigenvalue weighted by atomic mass is 9.80. The zero-order valence-electron chi connectivity index (χ0n) is 12.4. The maximum Gasteiger partial charge on any atom is 0.496 e.